The third kappa shape index (κ3) is 2.42. The fraction of sp³-hybridized carbons (Fsp3) is 0.600. The van der Waals surface area contributed by atoms with Gasteiger partial charge >= 0.3 is 0 Å². The molecule has 1 fully saturated rings. The van der Waals surface area contributed by atoms with Gasteiger partial charge in [0.2, 0.25) is 11.6 Å². The molecule has 112 valence electrons. The van der Waals surface area contributed by atoms with Crippen molar-refractivity contribution in [2.24, 2.45) is 5.73 Å². The summed E-state index contributed by atoms with van der Waals surface area (Å²) in [5.74, 6) is -0.00416. The maximum absolute atomic E-state index is 14.5. The average Bonchev–Trinajstić information content (AvgIpc) is 2.46. The van der Waals surface area contributed by atoms with Crippen molar-refractivity contribution < 1.29 is 18.6 Å². The second-order valence-electron chi connectivity index (χ2n) is 5.22. The Morgan fingerprint density at radius 3 is 2.10 bits per heavy atom. The van der Waals surface area contributed by atoms with Crippen LogP contribution in [-0.2, 0) is 5.54 Å². The Kier molecular flexibility index (Phi) is 4.38. The molecule has 1 aliphatic carbocycles. The second kappa shape index (κ2) is 5.87. The number of methoxy groups -OCH3 is 3. The smallest absolute Gasteiger partial charge is 0.211 e. The van der Waals surface area contributed by atoms with Gasteiger partial charge in [-0.25, -0.2) is 0 Å². The van der Waals surface area contributed by atoms with E-state index in [2.05, 4.69) is 0 Å². The van der Waals surface area contributed by atoms with Crippen LogP contribution in [0.4, 0.5) is 4.39 Å². The maximum atomic E-state index is 14.5. The van der Waals surface area contributed by atoms with E-state index in [4.69, 9.17) is 19.9 Å². The number of hydrogen-bond acceptors (Lipinski definition) is 4. The molecule has 0 aliphatic heterocycles. The van der Waals surface area contributed by atoms with Gasteiger partial charge in [0.05, 0.1) is 21.3 Å². The van der Waals surface area contributed by atoms with Crippen LogP contribution in [0.25, 0.3) is 0 Å². The number of benzene rings is 1. The molecule has 0 unspecified atom stereocenters. The first-order chi connectivity index (χ1) is 9.57. The molecule has 20 heavy (non-hydrogen) atoms. The third-order valence-corrected chi connectivity index (χ3v) is 4.05. The maximum Gasteiger partial charge on any atom is 0.211 e. The quantitative estimate of drug-likeness (QED) is 0.923. The van der Waals surface area contributed by atoms with Crippen LogP contribution in [0.2, 0.25) is 0 Å². The minimum Gasteiger partial charge on any atom is -0.493 e. The fourth-order valence-corrected chi connectivity index (χ4v) is 2.95. The summed E-state index contributed by atoms with van der Waals surface area (Å²) in [6.07, 6.45) is 4.87. The van der Waals surface area contributed by atoms with Crippen molar-refractivity contribution in [1.82, 2.24) is 0 Å². The summed E-state index contributed by atoms with van der Waals surface area (Å²) in [5.41, 5.74) is 6.59. The summed E-state index contributed by atoms with van der Waals surface area (Å²) in [6.45, 7) is 0. The summed E-state index contributed by atoms with van der Waals surface area (Å²) < 4.78 is 30.0. The highest BCUT2D eigenvalue weighted by atomic mass is 19.1. The molecule has 0 saturated heterocycles. The standard InChI is InChI=1S/C15H22FNO3/c1-18-11-9-10(15(17)7-5-4-6-8-15)13(19-2)12(16)14(11)20-3/h9H,4-8,17H2,1-3H3. The molecular weight excluding hydrogens is 261 g/mol. The molecule has 0 aromatic heterocycles. The van der Waals surface area contributed by atoms with Gasteiger partial charge in [-0.05, 0) is 18.9 Å². The molecule has 5 heteroatoms. The Labute approximate surface area is 119 Å². The minimum atomic E-state index is -0.565. The Hall–Kier alpha value is -1.49. The van der Waals surface area contributed by atoms with Crippen LogP contribution < -0.4 is 19.9 Å². The predicted molar refractivity (Wildman–Crippen MR) is 75.0 cm³/mol. The number of nitrogens with two attached hydrogens (primary N) is 1. The third-order valence-electron chi connectivity index (χ3n) is 4.05. The first-order valence-corrected chi connectivity index (χ1v) is 6.85. The fourth-order valence-electron chi connectivity index (χ4n) is 2.95. The monoisotopic (exact) mass is 283 g/mol. The normalized spacial score (nSPS) is 17.6. The van der Waals surface area contributed by atoms with Crippen molar-refractivity contribution in [2.45, 2.75) is 37.6 Å². The molecule has 0 heterocycles. The average molecular weight is 283 g/mol. The largest absolute Gasteiger partial charge is 0.493 e. The van der Waals surface area contributed by atoms with Crippen LogP contribution in [0, 0.1) is 5.82 Å². The highest BCUT2D eigenvalue weighted by Crippen LogP contribution is 2.46. The number of ether oxygens (including phenoxy) is 3. The zero-order chi connectivity index (χ0) is 14.8. The molecule has 1 aliphatic rings. The van der Waals surface area contributed by atoms with E-state index in [1.807, 2.05) is 0 Å². The van der Waals surface area contributed by atoms with Crippen LogP contribution in [0.3, 0.4) is 0 Å². The van der Waals surface area contributed by atoms with Crippen LogP contribution in [0.15, 0.2) is 6.07 Å². The van der Waals surface area contributed by atoms with E-state index in [0.29, 0.717) is 11.3 Å². The van der Waals surface area contributed by atoms with E-state index in [0.717, 1.165) is 32.1 Å². The second-order valence-corrected chi connectivity index (χ2v) is 5.22. The Morgan fingerprint density at radius 1 is 1.00 bits per heavy atom. The first kappa shape index (κ1) is 14.9. The van der Waals surface area contributed by atoms with Gasteiger partial charge in [-0.15, -0.1) is 0 Å². The Balaban J connectivity index is 2.59. The molecule has 1 aromatic rings. The molecule has 0 spiro atoms. The molecule has 0 radical (unpaired) electrons. The number of rotatable bonds is 4. The summed E-state index contributed by atoms with van der Waals surface area (Å²) in [6, 6.07) is 1.74. The van der Waals surface area contributed by atoms with Crippen molar-refractivity contribution in [3.8, 4) is 17.2 Å². The molecule has 1 saturated carbocycles. The van der Waals surface area contributed by atoms with Gasteiger partial charge in [-0.3, -0.25) is 0 Å². The summed E-state index contributed by atoms with van der Waals surface area (Å²) in [4.78, 5) is 0. The van der Waals surface area contributed by atoms with E-state index in [1.165, 1.54) is 21.3 Å². The SMILES string of the molecule is COc1cc(C2(N)CCCCC2)c(OC)c(F)c1OC. The Morgan fingerprint density at radius 2 is 1.60 bits per heavy atom. The number of halogens is 1. The Bertz CT molecular complexity index is 484. The number of hydrogen-bond donors (Lipinski definition) is 1. The molecule has 0 amide bonds. The van der Waals surface area contributed by atoms with Gasteiger partial charge in [0.25, 0.3) is 0 Å². The van der Waals surface area contributed by atoms with E-state index in [-0.39, 0.29) is 11.5 Å². The van der Waals surface area contributed by atoms with Crippen LogP contribution >= 0.6 is 0 Å². The molecule has 2 rings (SSSR count). The first-order valence-electron chi connectivity index (χ1n) is 6.85. The minimum absolute atomic E-state index is 0.0486. The summed E-state index contributed by atoms with van der Waals surface area (Å²) >= 11 is 0. The lowest BCUT2D eigenvalue weighted by Gasteiger charge is -2.35. The molecule has 1 aromatic carbocycles. The van der Waals surface area contributed by atoms with E-state index in [9.17, 15) is 4.39 Å². The van der Waals surface area contributed by atoms with Gasteiger partial charge in [0, 0.05) is 11.1 Å². The van der Waals surface area contributed by atoms with E-state index < -0.39 is 11.4 Å². The lowest BCUT2D eigenvalue weighted by molar-refractivity contribution is 0.274. The van der Waals surface area contributed by atoms with Crippen molar-refractivity contribution in [3.63, 3.8) is 0 Å². The van der Waals surface area contributed by atoms with E-state index in [1.54, 1.807) is 6.07 Å². The lowest BCUT2D eigenvalue weighted by Crippen LogP contribution is -2.39. The van der Waals surface area contributed by atoms with Crippen molar-refractivity contribution in [2.75, 3.05) is 21.3 Å². The van der Waals surface area contributed by atoms with Crippen molar-refractivity contribution in [3.05, 3.63) is 17.4 Å². The van der Waals surface area contributed by atoms with Crippen molar-refractivity contribution in [1.29, 1.82) is 0 Å². The highest BCUT2D eigenvalue weighted by Gasteiger charge is 2.35. The zero-order valence-corrected chi connectivity index (χ0v) is 12.3. The lowest BCUT2D eigenvalue weighted by atomic mass is 9.77. The van der Waals surface area contributed by atoms with Crippen LogP contribution in [-0.4, -0.2) is 21.3 Å². The predicted octanol–water partition coefficient (Wildman–Crippen LogP) is 2.97. The van der Waals surface area contributed by atoms with Gasteiger partial charge in [-0.1, -0.05) is 19.3 Å². The summed E-state index contributed by atoms with van der Waals surface area (Å²) in [5, 5.41) is 0. The highest BCUT2D eigenvalue weighted by molar-refractivity contribution is 5.54. The molecule has 0 bridgehead atoms. The molecule has 0 atom stereocenters. The van der Waals surface area contributed by atoms with Crippen molar-refractivity contribution >= 4 is 0 Å². The topological polar surface area (TPSA) is 53.7 Å². The zero-order valence-electron chi connectivity index (χ0n) is 12.3. The van der Waals surface area contributed by atoms with E-state index >= 15 is 0 Å². The van der Waals surface area contributed by atoms with Crippen LogP contribution in [0.5, 0.6) is 17.2 Å². The van der Waals surface area contributed by atoms with Gasteiger partial charge in [0.15, 0.2) is 11.5 Å². The molecule has 4 nitrogen and oxygen atoms in total. The van der Waals surface area contributed by atoms with Gasteiger partial charge in [0.1, 0.15) is 0 Å². The molecule has 2 N–H and O–H groups in total. The molecular formula is C15H22FNO3. The van der Waals surface area contributed by atoms with Gasteiger partial charge < -0.3 is 19.9 Å². The van der Waals surface area contributed by atoms with Gasteiger partial charge in [-0.2, -0.15) is 4.39 Å². The van der Waals surface area contributed by atoms with Crippen LogP contribution in [0.1, 0.15) is 37.7 Å². The summed E-state index contributed by atoms with van der Waals surface area (Å²) in [7, 11) is 4.33.